The summed E-state index contributed by atoms with van der Waals surface area (Å²) >= 11 is 1.62. The van der Waals surface area contributed by atoms with Gasteiger partial charge in [-0.1, -0.05) is 18.2 Å². The van der Waals surface area contributed by atoms with Crippen molar-refractivity contribution >= 4 is 32.7 Å². The van der Waals surface area contributed by atoms with E-state index in [4.69, 9.17) is 4.74 Å². The van der Waals surface area contributed by atoms with Crippen molar-refractivity contribution in [3.05, 3.63) is 60.0 Å². The van der Waals surface area contributed by atoms with Crippen molar-refractivity contribution in [3.63, 3.8) is 0 Å². The zero-order valence-electron chi connectivity index (χ0n) is 18.8. The quantitative estimate of drug-likeness (QED) is 0.540. The summed E-state index contributed by atoms with van der Waals surface area (Å²) in [6.45, 7) is 8.24. The van der Waals surface area contributed by atoms with Gasteiger partial charge in [-0.15, -0.1) is 11.3 Å². The van der Waals surface area contributed by atoms with Crippen LogP contribution in [-0.4, -0.2) is 40.2 Å². The molecule has 6 nitrogen and oxygen atoms in total. The van der Waals surface area contributed by atoms with E-state index in [1.54, 1.807) is 30.6 Å². The van der Waals surface area contributed by atoms with Crippen LogP contribution in [0.3, 0.4) is 0 Å². The highest BCUT2D eigenvalue weighted by Gasteiger charge is 2.36. The minimum Gasteiger partial charge on any atom is -0.495 e. The van der Waals surface area contributed by atoms with Crippen LogP contribution < -0.4 is 19.7 Å². The molecule has 8 heteroatoms. The highest BCUT2D eigenvalue weighted by Crippen LogP contribution is 2.36. The molecule has 1 aliphatic heterocycles. The molecular formula is C24H29N3O3S2. The van der Waals surface area contributed by atoms with E-state index in [2.05, 4.69) is 35.7 Å². The Bertz CT molecular complexity index is 1170. The predicted molar refractivity (Wildman–Crippen MR) is 132 cm³/mol. The van der Waals surface area contributed by atoms with Gasteiger partial charge in [0.1, 0.15) is 5.75 Å². The molecule has 1 saturated heterocycles. The molecule has 0 aliphatic carbocycles. The van der Waals surface area contributed by atoms with Crippen LogP contribution in [0.5, 0.6) is 5.75 Å². The Morgan fingerprint density at radius 2 is 1.91 bits per heavy atom. The Morgan fingerprint density at radius 1 is 1.16 bits per heavy atom. The summed E-state index contributed by atoms with van der Waals surface area (Å²) in [6, 6.07) is 16.9. The van der Waals surface area contributed by atoms with Gasteiger partial charge in [-0.05, 0) is 68.1 Å². The van der Waals surface area contributed by atoms with Crippen molar-refractivity contribution in [1.82, 2.24) is 5.32 Å². The Kier molecular flexibility index (Phi) is 6.20. The van der Waals surface area contributed by atoms with Crippen LogP contribution >= 0.6 is 11.3 Å². The number of methoxy groups -OCH3 is 1. The summed E-state index contributed by atoms with van der Waals surface area (Å²) < 4.78 is 34.5. The third-order valence-corrected chi connectivity index (χ3v) is 8.55. The van der Waals surface area contributed by atoms with Crippen molar-refractivity contribution in [1.29, 1.82) is 0 Å². The van der Waals surface area contributed by atoms with Gasteiger partial charge >= 0.3 is 0 Å². The molecule has 0 radical (unpaired) electrons. The zero-order valence-corrected chi connectivity index (χ0v) is 20.4. The number of piperazine rings is 1. The summed E-state index contributed by atoms with van der Waals surface area (Å²) in [5, 5.41) is 5.51. The summed E-state index contributed by atoms with van der Waals surface area (Å²) in [5.74, 6) is 0.480. The standard InChI is InChI=1S/C24H29N3O3S2/c1-17-24(2,3)27(14-13-25-17)19-9-12-22(30-4)21(16-19)26-32(28,29)20-10-7-18(8-11-20)23-6-5-15-31-23/h5-12,15-17,25-26H,13-14H2,1-4H3. The van der Waals surface area contributed by atoms with Crippen LogP contribution in [0.1, 0.15) is 20.8 Å². The van der Waals surface area contributed by atoms with Crippen molar-refractivity contribution in [3.8, 4) is 16.2 Å². The molecule has 2 heterocycles. The van der Waals surface area contributed by atoms with E-state index >= 15 is 0 Å². The highest BCUT2D eigenvalue weighted by atomic mass is 32.2. The third-order valence-electron chi connectivity index (χ3n) is 6.25. The van der Waals surface area contributed by atoms with Crippen LogP contribution in [0.25, 0.3) is 10.4 Å². The van der Waals surface area contributed by atoms with E-state index in [1.807, 2.05) is 47.8 Å². The molecule has 1 unspecified atom stereocenters. The minimum atomic E-state index is -3.78. The lowest BCUT2D eigenvalue weighted by atomic mass is 9.90. The Balaban J connectivity index is 1.63. The first-order valence-electron chi connectivity index (χ1n) is 10.6. The first-order chi connectivity index (χ1) is 15.2. The molecule has 1 atom stereocenters. The lowest BCUT2D eigenvalue weighted by Gasteiger charge is -2.49. The van der Waals surface area contributed by atoms with Gasteiger partial charge in [0.05, 0.1) is 17.7 Å². The largest absolute Gasteiger partial charge is 0.495 e. The van der Waals surface area contributed by atoms with E-state index in [-0.39, 0.29) is 10.4 Å². The Labute approximate surface area is 194 Å². The third kappa shape index (κ3) is 4.35. The summed E-state index contributed by atoms with van der Waals surface area (Å²) in [4.78, 5) is 3.62. The van der Waals surface area contributed by atoms with E-state index in [0.717, 1.165) is 29.2 Å². The molecule has 2 N–H and O–H groups in total. The maximum absolute atomic E-state index is 13.1. The molecular weight excluding hydrogens is 442 g/mol. The van der Waals surface area contributed by atoms with Crippen LogP contribution in [-0.2, 0) is 10.0 Å². The minimum absolute atomic E-state index is 0.124. The molecule has 3 aromatic rings. The maximum Gasteiger partial charge on any atom is 0.262 e. The SMILES string of the molecule is COc1ccc(N2CCNC(C)C2(C)C)cc1NS(=O)(=O)c1ccc(-c2cccs2)cc1. The second-order valence-electron chi connectivity index (χ2n) is 8.47. The zero-order chi connectivity index (χ0) is 22.9. The van der Waals surface area contributed by atoms with Gasteiger partial charge < -0.3 is 15.0 Å². The van der Waals surface area contributed by atoms with Gasteiger partial charge in [0, 0.05) is 35.2 Å². The van der Waals surface area contributed by atoms with Crippen LogP contribution in [0.15, 0.2) is 64.9 Å². The number of nitrogens with zero attached hydrogens (tertiary/aromatic N) is 1. The fourth-order valence-corrected chi connectivity index (χ4v) is 5.81. The summed E-state index contributed by atoms with van der Waals surface area (Å²) in [7, 11) is -2.23. The predicted octanol–water partition coefficient (Wildman–Crippen LogP) is 4.80. The number of hydrogen-bond donors (Lipinski definition) is 2. The van der Waals surface area contributed by atoms with Crippen molar-refractivity contribution in [2.45, 2.75) is 37.2 Å². The number of hydrogen-bond acceptors (Lipinski definition) is 6. The average Bonchev–Trinajstić information content (AvgIpc) is 3.30. The molecule has 0 spiro atoms. The first-order valence-corrected chi connectivity index (χ1v) is 12.9. The lowest BCUT2D eigenvalue weighted by Crippen LogP contribution is -2.63. The van der Waals surface area contributed by atoms with E-state index in [9.17, 15) is 8.42 Å². The number of ether oxygens (including phenoxy) is 1. The number of anilines is 2. The van der Waals surface area contributed by atoms with Gasteiger partial charge in [-0.3, -0.25) is 4.72 Å². The van der Waals surface area contributed by atoms with Crippen molar-refractivity contribution in [2.75, 3.05) is 29.8 Å². The van der Waals surface area contributed by atoms with E-state index in [0.29, 0.717) is 17.5 Å². The monoisotopic (exact) mass is 471 g/mol. The Morgan fingerprint density at radius 3 is 2.56 bits per heavy atom. The van der Waals surface area contributed by atoms with E-state index in [1.165, 1.54) is 0 Å². The van der Waals surface area contributed by atoms with Crippen LogP contribution in [0.4, 0.5) is 11.4 Å². The van der Waals surface area contributed by atoms with Crippen LogP contribution in [0.2, 0.25) is 0 Å². The topological polar surface area (TPSA) is 70.7 Å². The normalized spacial score (nSPS) is 18.4. The van der Waals surface area contributed by atoms with Crippen LogP contribution in [0, 0.1) is 0 Å². The number of thiophene rings is 1. The second kappa shape index (κ2) is 8.77. The Hall–Kier alpha value is -2.55. The number of rotatable bonds is 6. The molecule has 1 aliphatic rings. The fraction of sp³-hybridized carbons (Fsp3) is 0.333. The number of benzene rings is 2. The smallest absolute Gasteiger partial charge is 0.262 e. The second-order valence-corrected chi connectivity index (χ2v) is 11.1. The fourth-order valence-electron chi connectivity index (χ4n) is 4.01. The summed E-state index contributed by atoms with van der Waals surface area (Å²) in [5.41, 5.74) is 2.25. The van der Waals surface area contributed by atoms with Gasteiger partial charge in [-0.25, -0.2) is 8.42 Å². The molecule has 0 amide bonds. The maximum atomic E-state index is 13.1. The number of nitrogens with one attached hydrogen (secondary N) is 2. The molecule has 0 saturated carbocycles. The van der Waals surface area contributed by atoms with E-state index < -0.39 is 10.0 Å². The lowest BCUT2D eigenvalue weighted by molar-refractivity contribution is 0.298. The summed E-state index contributed by atoms with van der Waals surface area (Å²) in [6.07, 6.45) is 0. The van der Waals surface area contributed by atoms with Gasteiger partial charge in [0.25, 0.3) is 10.0 Å². The molecule has 4 rings (SSSR count). The van der Waals surface area contributed by atoms with Crippen molar-refractivity contribution < 1.29 is 13.2 Å². The van der Waals surface area contributed by atoms with Crippen molar-refractivity contribution in [2.24, 2.45) is 0 Å². The first kappa shape index (κ1) is 22.6. The van der Waals surface area contributed by atoms with Gasteiger partial charge in [0.15, 0.2) is 0 Å². The average molecular weight is 472 g/mol. The van der Waals surface area contributed by atoms with Gasteiger partial charge in [-0.2, -0.15) is 0 Å². The number of sulfonamides is 1. The molecule has 0 bridgehead atoms. The molecule has 1 fully saturated rings. The highest BCUT2D eigenvalue weighted by molar-refractivity contribution is 7.92. The molecule has 1 aromatic heterocycles. The molecule has 32 heavy (non-hydrogen) atoms. The molecule has 170 valence electrons. The molecule has 2 aromatic carbocycles. The van der Waals surface area contributed by atoms with Gasteiger partial charge in [0.2, 0.25) is 0 Å².